The molecule has 0 atom stereocenters. The van der Waals surface area contributed by atoms with Gasteiger partial charge in [-0.1, -0.05) is 12.1 Å². The number of nitrogens with one attached hydrogen (secondary N) is 1. The summed E-state index contributed by atoms with van der Waals surface area (Å²) in [5.74, 6) is -0.754. The average Bonchev–Trinajstić information content (AvgIpc) is 3.17. The molecule has 1 N–H and O–H groups in total. The van der Waals surface area contributed by atoms with Gasteiger partial charge in [0.05, 0.1) is 6.54 Å². The summed E-state index contributed by atoms with van der Waals surface area (Å²) in [6, 6.07) is 8.80. The zero-order valence-corrected chi connectivity index (χ0v) is 12.2. The van der Waals surface area contributed by atoms with Gasteiger partial charge < -0.3 is 5.32 Å². The molecule has 0 spiro atoms. The van der Waals surface area contributed by atoms with Gasteiger partial charge in [-0.2, -0.15) is 19.0 Å². The van der Waals surface area contributed by atoms with E-state index in [4.69, 9.17) is 0 Å². The Morgan fingerprint density at radius 3 is 2.71 bits per heavy atom. The minimum atomic E-state index is -2.81. The molecule has 0 bridgehead atoms. The molecule has 0 saturated heterocycles. The van der Waals surface area contributed by atoms with E-state index in [0.29, 0.717) is 16.8 Å². The van der Waals surface area contributed by atoms with Crippen LogP contribution < -0.4 is 5.32 Å². The molecule has 0 radical (unpaired) electrons. The lowest BCUT2D eigenvalue weighted by atomic mass is 10.2. The summed E-state index contributed by atoms with van der Waals surface area (Å²) in [4.78, 5) is 11.9. The third-order valence-corrected chi connectivity index (χ3v) is 3.16. The first-order valence-electron chi connectivity index (χ1n) is 6.94. The fourth-order valence-corrected chi connectivity index (χ4v) is 2.09. The van der Waals surface area contributed by atoms with Gasteiger partial charge >= 0.3 is 6.55 Å². The van der Waals surface area contributed by atoms with E-state index in [2.05, 4.69) is 15.5 Å². The van der Waals surface area contributed by atoms with Crippen LogP contribution in [0.25, 0.3) is 0 Å². The van der Waals surface area contributed by atoms with Crippen LogP contribution in [0.4, 0.5) is 19.0 Å². The molecule has 0 aliphatic rings. The van der Waals surface area contributed by atoms with E-state index >= 15 is 0 Å². The lowest BCUT2D eigenvalue weighted by molar-refractivity contribution is 0.0561. The van der Waals surface area contributed by atoms with Gasteiger partial charge in [-0.3, -0.25) is 9.48 Å². The number of hydrogen-bond donors (Lipinski definition) is 1. The fraction of sp³-hybridized carbons (Fsp3) is 0.133. The van der Waals surface area contributed by atoms with Crippen molar-refractivity contribution in [1.29, 1.82) is 0 Å². The number of aromatic nitrogens is 4. The lowest BCUT2D eigenvalue weighted by Crippen LogP contribution is -2.14. The van der Waals surface area contributed by atoms with Crippen LogP contribution in [0.3, 0.4) is 0 Å². The van der Waals surface area contributed by atoms with Gasteiger partial charge in [0, 0.05) is 18.5 Å². The van der Waals surface area contributed by atoms with Crippen LogP contribution in [0, 0.1) is 5.82 Å². The molecule has 6 nitrogen and oxygen atoms in total. The predicted octanol–water partition coefficient (Wildman–Crippen LogP) is 2.91. The standard InChI is InChI=1S/C15H12F3N5O/c16-11-3-1-2-10(8-11)9-22-6-5-13(21-22)19-14(24)12-4-7-23(20-12)15(17)18/h1-8,15H,9H2,(H,19,21,24). The fourth-order valence-electron chi connectivity index (χ4n) is 2.09. The Bertz CT molecular complexity index is 858. The molecule has 2 aromatic heterocycles. The second kappa shape index (κ2) is 6.57. The number of nitrogens with zero attached hydrogens (tertiary/aromatic N) is 4. The molecule has 0 saturated carbocycles. The number of alkyl halides is 2. The van der Waals surface area contributed by atoms with E-state index in [1.807, 2.05) is 0 Å². The first-order chi connectivity index (χ1) is 11.5. The molecular formula is C15H12F3N5O. The molecule has 124 valence electrons. The topological polar surface area (TPSA) is 64.7 Å². The van der Waals surface area contributed by atoms with Crippen LogP contribution in [-0.4, -0.2) is 25.5 Å². The van der Waals surface area contributed by atoms with Gasteiger partial charge in [0.1, 0.15) is 5.82 Å². The van der Waals surface area contributed by atoms with Crippen LogP contribution >= 0.6 is 0 Å². The highest BCUT2D eigenvalue weighted by molar-refractivity contribution is 6.02. The van der Waals surface area contributed by atoms with Crippen LogP contribution in [0.5, 0.6) is 0 Å². The van der Waals surface area contributed by atoms with Gasteiger partial charge in [0.15, 0.2) is 11.5 Å². The van der Waals surface area contributed by atoms with Crippen LogP contribution in [-0.2, 0) is 6.54 Å². The molecule has 3 aromatic rings. The van der Waals surface area contributed by atoms with E-state index in [1.54, 1.807) is 24.4 Å². The third-order valence-electron chi connectivity index (χ3n) is 3.16. The van der Waals surface area contributed by atoms with E-state index in [-0.39, 0.29) is 17.3 Å². The van der Waals surface area contributed by atoms with Crippen molar-refractivity contribution in [2.75, 3.05) is 5.32 Å². The summed E-state index contributed by atoms with van der Waals surface area (Å²) < 4.78 is 39.9. The summed E-state index contributed by atoms with van der Waals surface area (Å²) in [7, 11) is 0. The van der Waals surface area contributed by atoms with Gasteiger partial charge in [0.2, 0.25) is 0 Å². The lowest BCUT2D eigenvalue weighted by Gasteiger charge is -2.02. The molecule has 3 rings (SSSR count). The Morgan fingerprint density at radius 2 is 2.00 bits per heavy atom. The average molecular weight is 335 g/mol. The molecule has 0 aliphatic carbocycles. The Hall–Kier alpha value is -3.10. The Balaban J connectivity index is 1.66. The normalized spacial score (nSPS) is 11.0. The summed E-state index contributed by atoms with van der Waals surface area (Å²) in [5, 5.41) is 10.1. The van der Waals surface area contributed by atoms with Gasteiger partial charge in [-0.05, 0) is 23.8 Å². The summed E-state index contributed by atoms with van der Waals surface area (Å²) >= 11 is 0. The summed E-state index contributed by atoms with van der Waals surface area (Å²) in [6.45, 7) is -2.48. The Morgan fingerprint density at radius 1 is 1.17 bits per heavy atom. The van der Waals surface area contributed by atoms with E-state index in [0.717, 1.165) is 6.20 Å². The highest BCUT2D eigenvalue weighted by atomic mass is 19.3. The molecular weight excluding hydrogens is 323 g/mol. The molecule has 9 heteroatoms. The van der Waals surface area contributed by atoms with Gasteiger partial charge in [-0.25, -0.2) is 9.07 Å². The second-order valence-corrected chi connectivity index (χ2v) is 4.94. The number of halogens is 3. The molecule has 24 heavy (non-hydrogen) atoms. The number of carbonyl (C=O) groups excluding carboxylic acids is 1. The van der Waals surface area contributed by atoms with Crippen LogP contribution in [0.2, 0.25) is 0 Å². The maximum Gasteiger partial charge on any atom is 0.333 e. The largest absolute Gasteiger partial charge is 0.333 e. The highest BCUT2D eigenvalue weighted by Crippen LogP contribution is 2.11. The maximum atomic E-state index is 13.1. The highest BCUT2D eigenvalue weighted by Gasteiger charge is 2.14. The second-order valence-electron chi connectivity index (χ2n) is 4.94. The maximum absolute atomic E-state index is 13.1. The molecule has 2 heterocycles. The number of amides is 1. The zero-order chi connectivity index (χ0) is 17.1. The van der Waals surface area contributed by atoms with Gasteiger partial charge in [0.25, 0.3) is 5.91 Å². The Kier molecular flexibility index (Phi) is 4.32. The first-order valence-corrected chi connectivity index (χ1v) is 6.94. The smallest absolute Gasteiger partial charge is 0.304 e. The SMILES string of the molecule is O=C(Nc1ccn(Cc2cccc(F)c2)n1)c1ccn(C(F)F)n1. The van der Waals surface area contributed by atoms with Crippen molar-refractivity contribution < 1.29 is 18.0 Å². The molecule has 0 aliphatic heterocycles. The predicted molar refractivity (Wildman–Crippen MR) is 79.2 cm³/mol. The summed E-state index contributed by atoms with van der Waals surface area (Å²) in [6.07, 6.45) is 2.63. The van der Waals surface area contributed by atoms with Crippen molar-refractivity contribution in [3.05, 3.63) is 65.9 Å². The number of hydrogen-bond acceptors (Lipinski definition) is 3. The van der Waals surface area contributed by atoms with Crippen molar-refractivity contribution >= 4 is 11.7 Å². The Labute approximate surface area is 134 Å². The molecule has 1 amide bonds. The van der Waals surface area contributed by atoms with Gasteiger partial charge in [-0.15, -0.1) is 0 Å². The van der Waals surface area contributed by atoms with Crippen molar-refractivity contribution in [2.24, 2.45) is 0 Å². The number of anilines is 1. The van der Waals surface area contributed by atoms with Crippen LogP contribution in [0.15, 0.2) is 48.8 Å². The monoisotopic (exact) mass is 335 g/mol. The minimum Gasteiger partial charge on any atom is -0.304 e. The van der Waals surface area contributed by atoms with Crippen LogP contribution in [0.1, 0.15) is 22.6 Å². The molecule has 0 fully saturated rings. The summed E-state index contributed by atoms with van der Waals surface area (Å²) in [5.41, 5.74) is 0.571. The van der Waals surface area contributed by atoms with Crippen molar-refractivity contribution in [3.63, 3.8) is 0 Å². The number of carbonyl (C=O) groups is 1. The van der Waals surface area contributed by atoms with Crippen molar-refractivity contribution in [3.8, 4) is 0 Å². The van der Waals surface area contributed by atoms with Crippen molar-refractivity contribution in [2.45, 2.75) is 13.1 Å². The van der Waals surface area contributed by atoms with E-state index in [1.165, 1.54) is 22.9 Å². The first kappa shape index (κ1) is 15.8. The van der Waals surface area contributed by atoms with E-state index in [9.17, 15) is 18.0 Å². The van der Waals surface area contributed by atoms with E-state index < -0.39 is 12.5 Å². The quantitative estimate of drug-likeness (QED) is 0.780. The minimum absolute atomic E-state index is 0.144. The number of benzene rings is 1. The van der Waals surface area contributed by atoms with Crippen molar-refractivity contribution in [1.82, 2.24) is 19.6 Å². The molecule has 1 aromatic carbocycles. The third kappa shape index (κ3) is 3.62. The number of rotatable bonds is 5. The zero-order valence-electron chi connectivity index (χ0n) is 12.2. The molecule has 0 unspecified atom stereocenters.